The van der Waals surface area contributed by atoms with Gasteiger partial charge in [-0.25, -0.2) is 0 Å². The number of hydrogen-bond acceptors (Lipinski definition) is 5. The molecule has 1 aliphatic heterocycles. The van der Waals surface area contributed by atoms with E-state index < -0.39 is 22.4 Å². The molecular weight excluding hydrogens is 400 g/mol. The van der Waals surface area contributed by atoms with Crippen molar-refractivity contribution in [1.29, 1.82) is 0 Å². The molecule has 1 heterocycles. The second-order valence-electron chi connectivity index (χ2n) is 6.47. The number of rotatable bonds is 6. The lowest BCUT2D eigenvalue weighted by Crippen LogP contribution is -2.42. The maximum atomic E-state index is 13.3. The summed E-state index contributed by atoms with van der Waals surface area (Å²) in [6.45, 7) is 0.386. The van der Waals surface area contributed by atoms with Gasteiger partial charge in [0.2, 0.25) is 11.8 Å². The second kappa shape index (κ2) is 8.27. The second-order valence-corrected chi connectivity index (χ2v) is 6.90. The molecule has 3 rings (SSSR count). The normalized spacial score (nSPS) is 13.4. The average Bonchev–Trinajstić information content (AvgIpc) is 3.10. The summed E-state index contributed by atoms with van der Waals surface area (Å²) in [5.41, 5.74) is 5.25. The van der Waals surface area contributed by atoms with Crippen molar-refractivity contribution in [3.05, 3.63) is 68.7 Å². The number of hydrogen-bond donors (Lipinski definition) is 1. The third kappa shape index (κ3) is 4.35. The predicted molar refractivity (Wildman–Crippen MR) is 106 cm³/mol. The van der Waals surface area contributed by atoms with Crippen LogP contribution in [0, 0.1) is 10.1 Å². The van der Waals surface area contributed by atoms with Gasteiger partial charge >= 0.3 is 0 Å². The highest BCUT2D eigenvalue weighted by Crippen LogP contribution is 2.27. The van der Waals surface area contributed by atoms with E-state index in [0.717, 1.165) is 6.07 Å². The zero-order chi connectivity index (χ0) is 21.1. The molecule has 2 aromatic rings. The fraction of sp³-hybridized carbons (Fsp3) is 0.211. The molecule has 0 radical (unpaired) electrons. The van der Waals surface area contributed by atoms with Crippen molar-refractivity contribution >= 4 is 40.7 Å². The van der Waals surface area contributed by atoms with Crippen LogP contribution in [0.4, 0.5) is 11.4 Å². The summed E-state index contributed by atoms with van der Waals surface area (Å²) in [5, 5.41) is 11.6. The summed E-state index contributed by atoms with van der Waals surface area (Å²) >= 11 is 5.96. The Morgan fingerprint density at radius 2 is 1.90 bits per heavy atom. The van der Waals surface area contributed by atoms with Crippen molar-refractivity contribution in [3.63, 3.8) is 0 Å². The highest BCUT2D eigenvalue weighted by atomic mass is 35.5. The molecule has 1 fully saturated rings. The van der Waals surface area contributed by atoms with Crippen molar-refractivity contribution in [2.45, 2.75) is 12.8 Å². The van der Waals surface area contributed by atoms with E-state index in [4.69, 9.17) is 17.3 Å². The summed E-state index contributed by atoms with van der Waals surface area (Å²) in [7, 11) is 0. The molecule has 10 heteroatoms. The van der Waals surface area contributed by atoms with Crippen LogP contribution in [-0.2, 0) is 4.79 Å². The Morgan fingerprint density at radius 3 is 2.45 bits per heavy atom. The topological polar surface area (TPSA) is 127 Å². The van der Waals surface area contributed by atoms with Crippen LogP contribution in [0.5, 0.6) is 0 Å². The number of likely N-dealkylation sites (tertiary alicyclic amines) is 1. The zero-order valence-corrected chi connectivity index (χ0v) is 16.0. The highest BCUT2D eigenvalue weighted by molar-refractivity contribution is 6.31. The van der Waals surface area contributed by atoms with Crippen molar-refractivity contribution < 1.29 is 19.3 Å². The first kappa shape index (κ1) is 20.3. The van der Waals surface area contributed by atoms with Gasteiger partial charge in [-0.15, -0.1) is 0 Å². The Labute approximate surface area is 170 Å². The van der Waals surface area contributed by atoms with E-state index in [-0.39, 0.29) is 28.7 Å². The van der Waals surface area contributed by atoms with E-state index in [2.05, 4.69) is 0 Å². The minimum atomic E-state index is -0.689. The number of primary amides is 1. The maximum Gasteiger partial charge on any atom is 0.282 e. The number of halogens is 1. The van der Waals surface area contributed by atoms with Crippen molar-refractivity contribution in [1.82, 2.24) is 4.90 Å². The van der Waals surface area contributed by atoms with E-state index in [9.17, 15) is 24.5 Å². The van der Waals surface area contributed by atoms with Crippen molar-refractivity contribution in [2.75, 3.05) is 18.1 Å². The number of nitrogens with two attached hydrogens (primary N) is 1. The largest absolute Gasteiger partial charge is 0.366 e. The molecule has 2 aromatic carbocycles. The molecule has 0 spiro atoms. The van der Waals surface area contributed by atoms with Gasteiger partial charge in [-0.05, 0) is 42.8 Å². The number of nitrogens with zero attached hydrogens (tertiary/aromatic N) is 3. The summed E-state index contributed by atoms with van der Waals surface area (Å²) < 4.78 is 0. The quantitative estimate of drug-likeness (QED) is 0.571. The number of benzene rings is 2. The summed E-state index contributed by atoms with van der Waals surface area (Å²) in [6.07, 6.45) is 1.04. The Morgan fingerprint density at radius 1 is 1.21 bits per heavy atom. The lowest BCUT2D eigenvalue weighted by atomic mass is 10.1. The summed E-state index contributed by atoms with van der Waals surface area (Å²) in [4.78, 5) is 50.1. The molecule has 0 unspecified atom stereocenters. The number of amides is 3. The van der Waals surface area contributed by atoms with E-state index in [1.165, 1.54) is 46.2 Å². The number of anilines is 1. The van der Waals surface area contributed by atoms with Crippen molar-refractivity contribution in [3.8, 4) is 0 Å². The first-order valence-corrected chi connectivity index (χ1v) is 9.09. The predicted octanol–water partition coefficient (Wildman–Crippen LogP) is 2.57. The van der Waals surface area contributed by atoms with Crippen LogP contribution in [0.3, 0.4) is 0 Å². The van der Waals surface area contributed by atoms with Gasteiger partial charge < -0.3 is 10.6 Å². The Balaban J connectivity index is 2.03. The van der Waals surface area contributed by atoms with Crippen molar-refractivity contribution in [2.24, 2.45) is 5.73 Å². The highest BCUT2D eigenvalue weighted by Gasteiger charge is 2.30. The average molecular weight is 417 g/mol. The molecule has 0 atom stereocenters. The number of carbonyl (C=O) groups is 3. The van der Waals surface area contributed by atoms with Crippen LogP contribution in [0.15, 0.2) is 42.5 Å². The summed E-state index contributed by atoms with van der Waals surface area (Å²) in [5.74, 6) is -1.43. The van der Waals surface area contributed by atoms with E-state index in [1.807, 2.05) is 0 Å². The van der Waals surface area contributed by atoms with Crippen LogP contribution in [0.25, 0.3) is 0 Å². The Kier molecular flexibility index (Phi) is 5.79. The van der Waals surface area contributed by atoms with Crippen LogP contribution < -0.4 is 10.6 Å². The number of nitro benzene ring substituents is 1. The molecule has 3 amide bonds. The van der Waals surface area contributed by atoms with Gasteiger partial charge in [-0.3, -0.25) is 29.4 Å². The first-order valence-electron chi connectivity index (χ1n) is 8.71. The molecule has 2 N–H and O–H groups in total. The van der Waals surface area contributed by atoms with Gasteiger partial charge in [0.1, 0.15) is 12.2 Å². The zero-order valence-electron chi connectivity index (χ0n) is 15.2. The number of nitro groups is 1. The van der Waals surface area contributed by atoms with Gasteiger partial charge in [0, 0.05) is 35.3 Å². The minimum absolute atomic E-state index is 0.0861. The molecule has 0 aromatic heterocycles. The molecule has 0 saturated carbocycles. The molecule has 150 valence electrons. The van der Waals surface area contributed by atoms with Crippen LogP contribution in [0.2, 0.25) is 5.02 Å². The van der Waals surface area contributed by atoms with Gasteiger partial charge in [0.25, 0.3) is 11.6 Å². The van der Waals surface area contributed by atoms with Gasteiger partial charge in [0.15, 0.2) is 0 Å². The van der Waals surface area contributed by atoms with Crippen LogP contribution in [-0.4, -0.2) is 40.8 Å². The SMILES string of the molecule is NC(=O)c1ccc(N(CN2CCCC2=O)C(=O)c2cc(Cl)ccc2[N+](=O)[O-])cc1. The minimum Gasteiger partial charge on any atom is -0.366 e. The van der Waals surface area contributed by atoms with E-state index in [0.29, 0.717) is 25.1 Å². The molecule has 9 nitrogen and oxygen atoms in total. The Bertz CT molecular complexity index is 993. The molecule has 0 bridgehead atoms. The van der Waals surface area contributed by atoms with Crippen LogP contribution in [0.1, 0.15) is 33.6 Å². The molecule has 29 heavy (non-hydrogen) atoms. The fourth-order valence-electron chi connectivity index (χ4n) is 3.08. The summed E-state index contributed by atoms with van der Waals surface area (Å²) in [6, 6.07) is 9.58. The fourth-order valence-corrected chi connectivity index (χ4v) is 3.25. The van der Waals surface area contributed by atoms with Gasteiger partial charge in [-0.2, -0.15) is 0 Å². The molecule has 0 aliphatic carbocycles. The maximum absolute atomic E-state index is 13.3. The van der Waals surface area contributed by atoms with Gasteiger partial charge in [0.05, 0.1) is 4.92 Å². The van der Waals surface area contributed by atoms with E-state index >= 15 is 0 Å². The monoisotopic (exact) mass is 416 g/mol. The third-order valence-corrected chi connectivity index (χ3v) is 4.81. The third-order valence-electron chi connectivity index (χ3n) is 4.58. The molecule has 1 aliphatic rings. The van der Waals surface area contributed by atoms with E-state index in [1.54, 1.807) is 0 Å². The number of carbonyl (C=O) groups excluding carboxylic acids is 3. The van der Waals surface area contributed by atoms with Gasteiger partial charge in [-0.1, -0.05) is 11.6 Å². The lowest BCUT2D eigenvalue weighted by Gasteiger charge is -2.28. The lowest BCUT2D eigenvalue weighted by molar-refractivity contribution is -0.385. The molecular formula is C19H17ClN4O5. The van der Waals surface area contributed by atoms with Crippen LogP contribution >= 0.6 is 11.6 Å². The molecule has 1 saturated heterocycles. The first-order chi connectivity index (χ1) is 13.8. The Hall–Kier alpha value is -3.46. The smallest absolute Gasteiger partial charge is 0.282 e. The standard InChI is InChI=1S/C19H17ClN4O5/c20-13-5-8-16(24(28)29)15(10-13)19(27)23(11-22-9-1-2-17(22)25)14-6-3-12(4-7-14)18(21)26/h3-8,10H,1-2,9,11H2,(H2,21,26).